The number of rotatable bonds is 8. The molecule has 28 heavy (non-hydrogen) atoms. The number of benzene rings is 1. The highest BCUT2D eigenvalue weighted by Crippen LogP contribution is 2.31. The Morgan fingerprint density at radius 1 is 1.11 bits per heavy atom. The normalized spacial score (nSPS) is 12.1. The molecular weight excluding hydrogens is 469 g/mol. The van der Waals surface area contributed by atoms with E-state index >= 15 is 0 Å². The van der Waals surface area contributed by atoms with Crippen LogP contribution >= 0.6 is 24.0 Å². The van der Waals surface area contributed by atoms with Crippen molar-refractivity contribution in [2.75, 3.05) is 41.9 Å². The number of methoxy groups -OCH3 is 2. The van der Waals surface area contributed by atoms with E-state index in [4.69, 9.17) is 9.47 Å². The molecule has 2 N–H and O–H groups in total. The van der Waals surface area contributed by atoms with Gasteiger partial charge < -0.3 is 25.0 Å². The third-order valence-corrected chi connectivity index (χ3v) is 4.27. The lowest BCUT2D eigenvalue weighted by Crippen LogP contribution is -2.41. The first kappa shape index (κ1) is 24.0. The van der Waals surface area contributed by atoms with Gasteiger partial charge in [-0.2, -0.15) is 0 Å². The zero-order valence-corrected chi connectivity index (χ0v) is 19.4. The van der Waals surface area contributed by atoms with Crippen LogP contribution in [0.2, 0.25) is 0 Å². The van der Waals surface area contributed by atoms with E-state index < -0.39 is 0 Å². The minimum Gasteiger partial charge on any atom is -0.493 e. The van der Waals surface area contributed by atoms with Crippen molar-refractivity contribution in [1.82, 2.24) is 20.5 Å². The number of halogens is 1. The first-order valence-electron chi connectivity index (χ1n) is 8.81. The fourth-order valence-electron chi connectivity index (χ4n) is 2.75. The molecule has 1 aromatic heterocycles. The monoisotopic (exact) mass is 499 g/mol. The molecule has 0 fully saturated rings. The zero-order valence-electron chi connectivity index (χ0n) is 17.1. The quantitative estimate of drug-likeness (QED) is 0.331. The Morgan fingerprint density at radius 2 is 1.86 bits per heavy atom. The molecule has 2 rings (SSSR count). The highest BCUT2D eigenvalue weighted by Gasteiger charge is 2.17. The summed E-state index contributed by atoms with van der Waals surface area (Å²) in [5.74, 6) is 2.17. The molecule has 0 saturated carbocycles. The van der Waals surface area contributed by atoms with Crippen molar-refractivity contribution < 1.29 is 9.47 Å². The Morgan fingerprint density at radius 3 is 2.43 bits per heavy atom. The summed E-state index contributed by atoms with van der Waals surface area (Å²) in [6.07, 6.45) is 1.78. The summed E-state index contributed by atoms with van der Waals surface area (Å²) in [5, 5.41) is 6.67. The molecule has 0 aliphatic carbocycles. The number of guanidine groups is 1. The maximum Gasteiger partial charge on any atom is 0.191 e. The van der Waals surface area contributed by atoms with Crippen molar-refractivity contribution in [2.24, 2.45) is 4.99 Å². The van der Waals surface area contributed by atoms with Crippen molar-refractivity contribution in [1.29, 1.82) is 0 Å². The van der Waals surface area contributed by atoms with Crippen molar-refractivity contribution in [2.45, 2.75) is 12.6 Å². The first-order chi connectivity index (χ1) is 13.1. The van der Waals surface area contributed by atoms with Crippen LogP contribution in [-0.2, 0) is 6.54 Å². The van der Waals surface area contributed by atoms with Gasteiger partial charge in [0.1, 0.15) is 0 Å². The van der Waals surface area contributed by atoms with Gasteiger partial charge in [0.2, 0.25) is 0 Å². The standard InChI is InChI=1S/C20H29N5O2.HI/c1-21-20(23-13-16-8-6-7-11-22-16)24-14-17(25(2)3)15-9-10-18(26-4)19(12-15)27-5;/h6-12,17H,13-14H2,1-5H3,(H2,21,23,24);1H. The van der Waals surface area contributed by atoms with E-state index in [1.165, 1.54) is 0 Å². The van der Waals surface area contributed by atoms with Gasteiger partial charge in [0.05, 0.1) is 32.5 Å². The number of likely N-dealkylation sites (N-methyl/N-ethyl adjacent to an activating group) is 1. The highest BCUT2D eigenvalue weighted by atomic mass is 127. The van der Waals surface area contributed by atoms with Gasteiger partial charge in [-0.3, -0.25) is 9.98 Å². The van der Waals surface area contributed by atoms with E-state index in [0.717, 1.165) is 28.7 Å². The molecule has 0 aliphatic rings. The fraction of sp³-hybridized carbons (Fsp3) is 0.400. The van der Waals surface area contributed by atoms with Crippen LogP contribution in [0.4, 0.5) is 0 Å². The Hall–Kier alpha value is -2.07. The first-order valence-corrected chi connectivity index (χ1v) is 8.81. The maximum atomic E-state index is 5.43. The topological polar surface area (TPSA) is 71.0 Å². The van der Waals surface area contributed by atoms with Gasteiger partial charge >= 0.3 is 0 Å². The van der Waals surface area contributed by atoms with Crippen molar-refractivity contribution in [3.63, 3.8) is 0 Å². The second-order valence-corrected chi connectivity index (χ2v) is 6.22. The van der Waals surface area contributed by atoms with Crippen molar-refractivity contribution >= 4 is 29.9 Å². The van der Waals surface area contributed by atoms with Gasteiger partial charge in [0.25, 0.3) is 0 Å². The van der Waals surface area contributed by atoms with Gasteiger partial charge in [0.15, 0.2) is 17.5 Å². The summed E-state index contributed by atoms with van der Waals surface area (Å²) < 4.78 is 10.8. The van der Waals surface area contributed by atoms with Crippen LogP contribution in [0.15, 0.2) is 47.6 Å². The average molecular weight is 499 g/mol. The lowest BCUT2D eigenvalue weighted by atomic mass is 10.1. The SMILES string of the molecule is CN=C(NCc1ccccn1)NCC(c1ccc(OC)c(OC)c1)N(C)C.I. The molecule has 2 aromatic rings. The van der Waals surface area contributed by atoms with Crippen LogP contribution in [0.5, 0.6) is 11.5 Å². The molecule has 1 aromatic carbocycles. The van der Waals surface area contributed by atoms with Crippen molar-refractivity contribution in [3.8, 4) is 11.5 Å². The number of nitrogens with one attached hydrogen (secondary N) is 2. The molecule has 1 heterocycles. The smallest absolute Gasteiger partial charge is 0.191 e. The number of ether oxygens (including phenoxy) is 2. The largest absolute Gasteiger partial charge is 0.493 e. The Balaban J connectivity index is 0.00000392. The summed E-state index contributed by atoms with van der Waals surface area (Å²) in [6, 6.07) is 12.0. The van der Waals surface area contributed by atoms with Crippen LogP contribution in [0.1, 0.15) is 17.3 Å². The second kappa shape index (κ2) is 12.4. The summed E-state index contributed by atoms with van der Waals surface area (Å²) in [7, 11) is 9.14. The van der Waals surface area contributed by atoms with Crippen LogP contribution in [-0.4, -0.2) is 57.8 Å². The Bertz CT molecular complexity index is 741. The molecule has 154 valence electrons. The van der Waals surface area contributed by atoms with Crippen molar-refractivity contribution in [3.05, 3.63) is 53.9 Å². The van der Waals surface area contributed by atoms with Crippen LogP contribution in [0, 0.1) is 0 Å². The molecule has 0 saturated heterocycles. The Kier molecular flexibility index (Phi) is 10.6. The summed E-state index contributed by atoms with van der Waals surface area (Å²) in [4.78, 5) is 10.8. The number of aliphatic imine (C=N–C) groups is 1. The zero-order chi connectivity index (χ0) is 19.6. The third-order valence-electron chi connectivity index (χ3n) is 4.27. The lowest BCUT2D eigenvalue weighted by Gasteiger charge is -2.26. The fourth-order valence-corrected chi connectivity index (χ4v) is 2.75. The number of pyridine rings is 1. The van der Waals surface area contributed by atoms with E-state index in [9.17, 15) is 0 Å². The molecule has 0 spiro atoms. The van der Waals surface area contributed by atoms with E-state index in [-0.39, 0.29) is 30.0 Å². The molecule has 0 amide bonds. The third kappa shape index (κ3) is 6.83. The molecule has 0 bridgehead atoms. The minimum atomic E-state index is 0. The number of aromatic nitrogens is 1. The maximum absolute atomic E-state index is 5.43. The van der Waals surface area contributed by atoms with E-state index in [0.29, 0.717) is 13.1 Å². The number of hydrogen-bond acceptors (Lipinski definition) is 5. The second-order valence-electron chi connectivity index (χ2n) is 6.22. The van der Waals surface area contributed by atoms with E-state index in [1.54, 1.807) is 27.5 Å². The average Bonchev–Trinajstić information content (AvgIpc) is 2.70. The number of hydrogen-bond donors (Lipinski definition) is 2. The molecular formula is C20H30IN5O2. The Labute approximate surface area is 184 Å². The van der Waals surface area contributed by atoms with Gasteiger partial charge in [-0.15, -0.1) is 24.0 Å². The molecule has 8 heteroatoms. The van der Waals surface area contributed by atoms with Gasteiger partial charge in [-0.05, 0) is 43.9 Å². The number of nitrogens with zero attached hydrogens (tertiary/aromatic N) is 3. The summed E-state index contributed by atoms with van der Waals surface area (Å²) >= 11 is 0. The summed E-state index contributed by atoms with van der Waals surface area (Å²) in [5.41, 5.74) is 2.09. The molecule has 0 aliphatic heterocycles. The minimum absolute atomic E-state index is 0. The van der Waals surface area contributed by atoms with E-state index in [2.05, 4.69) is 31.6 Å². The van der Waals surface area contributed by atoms with Gasteiger partial charge in [-0.1, -0.05) is 12.1 Å². The van der Waals surface area contributed by atoms with E-state index in [1.807, 2.05) is 44.4 Å². The molecule has 7 nitrogen and oxygen atoms in total. The predicted molar refractivity (Wildman–Crippen MR) is 124 cm³/mol. The van der Waals surface area contributed by atoms with Crippen LogP contribution in [0.25, 0.3) is 0 Å². The van der Waals surface area contributed by atoms with Gasteiger partial charge in [-0.25, -0.2) is 0 Å². The van der Waals surface area contributed by atoms with Crippen LogP contribution < -0.4 is 20.1 Å². The lowest BCUT2D eigenvalue weighted by molar-refractivity contribution is 0.295. The van der Waals surface area contributed by atoms with Crippen LogP contribution in [0.3, 0.4) is 0 Å². The molecule has 1 atom stereocenters. The highest BCUT2D eigenvalue weighted by molar-refractivity contribution is 14.0. The molecule has 0 radical (unpaired) electrons. The molecule has 1 unspecified atom stereocenters. The predicted octanol–water partition coefficient (Wildman–Crippen LogP) is 2.68. The summed E-state index contributed by atoms with van der Waals surface area (Å²) in [6.45, 7) is 1.30. The van der Waals surface area contributed by atoms with Gasteiger partial charge in [0, 0.05) is 19.8 Å².